The standard InChI is InChI=1S/C15H30N2O3/c1-16-11-14(3-7-19-8-4-14)12-17(2)13-15(18)5-9-20-10-6-15/h16,18H,3-13H2,1-2H3. The number of nitrogens with one attached hydrogen (secondary N) is 1. The van der Waals surface area contributed by atoms with Crippen LogP contribution in [-0.4, -0.2) is 75.8 Å². The van der Waals surface area contributed by atoms with Gasteiger partial charge >= 0.3 is 0 Å². The van der Waals surface area contributed by atoms with Crippen LogP contribution in [0.4, 0.5) is 0 Å². The van der Waals surface area contributed by atoms with Gasteiger partial charge < -0.3 is 24.8 Å². The number of ether oxygens (including phenoxy) is 2. The average molecular weight is 286 g/mol. The highest BCUT2D eigenvalue weighted by Gasteiger charge is 2.36. The Hall–Kier alpha value is -0.200. The highest BCUT2D eigenvalue weighted by molar-refractivity contribution is 4.90. The molecule has 5 heteroatoms. The van der Waals surface area contributed by atoms with Gasteiger partial charge in [0.15, 0.2) is 0 Å². The van der Waals surface area contributed by atoms with Gasteiger partial charge in [-0.15, -0.1) is 0 Å². The Bertz CT molecular complexity index is 281. The van der Waals surface area contributed by atoms with Crippen LogP contribution in [0, 0.1) is 5.41 Å². The predicted octanol–water partition coefficient (Wildman–Crippen LogP) is 0.476. The molecule has 118 valence electrons. The van der Waals surface area contributed by atoms with Gasteiger partial charge in [-0.25, -0.2) is 0 Å². The molecule has 0 atom stereocenters. The van der Waals surface area contributed by atoms with Crippen LogP contribution in [0.25, 0.3) is 0 Å². The highest BCUT2D eigenvalue weighted by Crippen LogP contribution is 2.31. The first kappa shape index (κ1) is 16.2. The van der Waals surface area contributed by atoms with Gasteiger partial charge in [-0.3, -0.25) is 0 Å². The third-order valence-electron chi connectivity index (χ3n) is 4.70. The Balaban J connectivity index is 1.88. The van der Waals surface area contributed by atoms with Gasteiger partial charge in [-0.2, -0.15) is 0 Å². The van der Waals surface area contributed by atoms with Crippen LogP contribution >= 0.6 is 0 Å². The van der Waals surface area contributed by atoms with Crippen molar-refractivity contribution in [2.75, 3.05) is 60.2 Å². The van der Waals surface area contributed by atoms with E-state index in [1.54, 1.807) is 0 Å². The molecule has 0 unspecified atom stereocenters. The van der Waals surface area contributed by atoms with E-state index in [-0.39, 0.29) is 5.41 Å². The number of hydrogen-bond donors (Lipinski definition) is 2. The Labute approximate surface area is 122 Å². The second kappa shape index (κ2) is 7.18. The van der Waals surface area contributed by atoms with Gasteiger partial charge in [0.2, 0.25) is 0 Å². The smallest absolute Gasteiger partial charge is 0.0817 e. The van der Waals surface area contributed by atoms with Crippen LogP contribution in [0.1, 0.15) is 25.7 Å². The van der Waals surface area contributed by atoms with Crippen LogP contribution in [0.15, 0.2) is 0 Å². The largest absolute Gasteiger partial charge is 0.388 e. The monoisotopic (exact) mass is 286 g/mol. The van der Waals surface area contributed by atoms with E-state index in [4.69, 9.17) is 9.47 Å². The van der Waals surface area contributed by atoms with Gasteiger partial charge in [0.1, 0.15) is 0 Å². The van der Waals surface area contributed by atoms with Crippen molar-refractivity contribution in [3.05, 3.63) is 0 Å². The van der Waals surface area contributed by atoms with Crippen molar-refractivity contribution < 1.29 is 14.6 Å². The van der Waals surface area contributed by atoms with Crippen molar-refractivity contribution in [2.24, 2.45) is 5.41 Å². The van der Waals surface area contributed by atoms with E-state index in [1.807, 2.05) is 7.05 Å². The van der Waals surface area contributed by atoms with Gasteiger partial charge in [0.05, 0.1) is 5.60 Å². The SMILES string of the molecule is CNCC1(CN(C)CC2(O)CCOCC2)CCOCC1. The lowest BCUT2D eigenvalue weighted by molar-refractivity contribution is -0.0843. The third kappa shape index (κ3) is 4.40. The summed E-state index contributed by atoms with van der Waals surface area (Å²) in [5, 5.41) is 14.0. The fourth-order valence-electron chi connectivity index (χ4n) is 3.61. The van der Waals surface area contributed by atoms with Crippen molar-refractivity contribution in [1.82, 2.24) is 10.2 Å². The first-order valence-electron chi connectivity index (χ1n) is 7.79. The molecule has 2 saturated heterocycles. The van der Waals surface area contributed by atoms with Crippen LogP contribution in [0.3, 0.4) is 0 Å². The summed E-state index contributed by atoms with van der Waals surface area (Å²) in [4.78, 5) is 2.30. The summed E-state index contributed by atoms with van der Waals surface area (Å²) in [6.45, 7) is 5.84. The van der Waals surface area contributed by atoms with Crippen molar-refractivity contribution in [3.8, 4) is 0 Å². The van der Waals surface area contributed by atoms with E-state index in [0.717, 1.165) is 58.5 Å². The molecule has 0 spiro atoms. The minimum Gasteiger partial charge on any atom is -0.388 e. The van der Waals surface area contributed by atoms with Crippen molar-refractivity contribution in [3.63, 3.8) is 0 Å². The topological polar surface area (TPSA) is 54.0 Å². The Morgan fingerprint density at radius 3 is 2.10 bits per heavy atom. The van der Waals surface area contributed by atoms with Crippen LogP contribution < -0.4 is 5.32 Å². The third-order valence-corrected chi connectivity index (χ3v) is 4.70. The van der Waals surface area contributed by atoms with Gasteiger partial charge in [-0.05, 0) is 32.4 Å². The van der Waals surface area contributed by atoms with E-state index in [1.165, 1.54) is 0 Å². The number of nitrogens with zero attached hydrogens (tertiary/aromatic N) is 1. The summed E-state index contributed by atoms with van der Waals surface area (Å²) in [5.41, 5.74) is -0.289. The molecule has 2 N–H and O–H groups in total. The summed E-state index contributed by atoms with van der Waals surface area (Å²) in [7, 11) is 4.14. The molecule has 0 aromatic rings. The minimum atomic E-state index is -0.570. The molecule has 0 aromatic carbocycles. The summed E-state index contributed by atoms with van der Waals surface area (Å²) >= 11 is 0. The summed E-state index contributed by atoms with van der Waals surface area (Å²) in [5.74, 6) is 0. The van der Waals surface area contributed by atoms with E-state index in [9.17, 15) is 5.11 Å². The van der Waals surface area contributed by atoms with Crippen LogP contribution in [-0.2, 0) is 9.47 Å². The summed E-state index contributed by atoms with van der Waals surface area (Å²) in [6, 6.07) is 0. The maximum atomic E-state index is 10.6. The van der Waals surface area contributed by atoms with Crippen molar-refractivity contribution >= 4 is 0 Å². The molecule has 2 rings (SSSR count). The highest BCUT2D eigenvalue weighted by atomic mass is 16.5. The molecule has 20 heavy (non-hydrogen) atoms. The molecule has 2 aliphatic rings. The first-order chi connectivity index (χ1) is 9.58. The molecule has 0 amide bonds. The summed E-state index contributed by atoms with van der Waals surface area (Å²) < 4.78 is 10.9. The van der Waals surface area contributed by atoms with E-state index < -0.39 is 5.60 Å². The summed E-state index contributed by atoms with van der Waals surface area (Å²) in [6.07, 6.45) is 3.69. The molecule has 2 heterocycles. The van der Waals surface area contributed by atoms with Gasteiger partial charge in [0, 0.05) is 58.9 Å². The lowest BCUT2D eigenvalue weighted by Crippen LogP contribution is -2.51. The fraction of sp³-hybridized carbons (Fsp3) is 1.00. The van der Waals surface area contributed by atoms with E-state index in [2.05, 4.69) is 17.3 Å². The molecule has 0 saturated carbocycles. The van der Waals surface area contributed by atoms with E-state index in [0.29, 0.717) is 13.2 Å². The fourth-order valence-corrected chi connectivity index (χ4v) is 3.61. The zero-order valence-corrected chi connectivity index (χ0v) is 13.0. The number of aliphatic hydroxyl groups is 1. The zero-order valence-electron chi connectivity index (χ0n) is 13.0. The predicted molar refractivity (Wildman–Crippen MR) is 78.9 cm³/mol. The molecule has 2 fully saturated rings. The molecule has 2 aliphatic heterocycles. The molecule has 5 nitrogen and oxygen atoms in total. The number of rotatable bonds is 6. The quantitative estimate of drug-likeness (QED) is 0.744. The normalized spacial score (nSPS) is 25.8. The molecular formula is C15H30N2O3. The van der Waals surface area contributed by atoms with Gasteiger partial charge in [0.25, 0.3) is 0 Å². The minimum absolute atomic E-state index is 0.281. The molecule has 0 aromatic heterocycles. The number of hydrogen-bond acceptors (Lipinski definition) is 5. The molecule has 0 radical (unpaired) electrons. The average Bonchev–Trinajstić information content (AvgIpc) is 2.39. The van der Waals surface area contributed by atoms with Crippen LogP contribution in [0.2, 0.25) is 0 Å². The maximum Gasteiger partial charge on any atom is 0.0817 e. The Morgan fingerprint density at radius 2 is 1.55 bits per heavy atom. The second-order valence-corrected chi connectivity index (χ2v) is 6.65. The Kier molecular flexibility index (Phi) is 5.81. The number of likely N-dealkylation sites (N-methyl/N-ethyl adjacent to an activating group) is 1. The first-order valence-corrected chi connectivity index (χ1v) is 7.79. The van der Waals surface area contributed by atoms with Crippen molar-refractivity contribution in [1.29, 1.82) is 0 Å². The van der Waals surface area contributed by atoms with E-state index >= 15 is 0 Å². The van der Waals surface area contributed by atoms with Gasteiger partial charge in [-0.1, -0.05) is 0 Å². The molecule has 0 bridgehead atoms. The van der Waals surface area contributed by atoms with Crippen LogP contribution in [0.5, 0.6) is 0 Å². The zero-order chi connectivity index (χ0) is 14.5. The Morgan fingerprint density at radius 1 is 1.00 bits per heavy atom. The molecular weight excluding hydrogens is 256 g/mol. The van der Waals surface area contributed by atoms with Crippen molar-refractivity contribution in [2.45, 2.75) is 31.3 Å². The lowest BCUT2D eigenvalue weighted by Gasteiger charge is -2.42. The maximum absolute atomic E-state index is 10.6. The second-order valence-electron chi connectivity index (χ2n) is 6.65. The lowest BCUT2D eigenvalue weighted by atomic mass is 9.79. The molecule has 0 aliphatic carbocycles.